The van der Waals surface area contributed by atoms with E-state index in [2.05, 4.69) is 20.6 Å². The first-order chi connectivity index (χ1) is 12.8. The number of hydrogen-bond acceptors (Lipinski definition) is 4. The van der Waals surface area contributed by atoms with Crippen LogP contribution in [-0.2, 0) is 11.3 Å². The number of imidazole rings is 1. The summed E-state index contributed by atoms with van der Waals surface area (Å²) >= 11 is 0. The van der Waals surface area contributed by atoms with Crippen LogP contribution in [0.15, 0.2) is 48.5 Å². The summed E-state index contributed by atoms with van der Waals surface area (Å²) in [6.45, 7) is 5.74. The number of carbonyl (C=O) groups excluding carboxylic acids is 2. The second kappa shape index (κ2) is 7.49. The number of rotatable bonds is 4. The number of hydrogen-bond donors (Lipinski definition) is 3. The molecule has 0 radical (unpaired) electrons. The van der Waals surface area contributed by atoms with Crippen LogP contribution in [0.5, 0.6) is 0 Å². The van der Waals surface area contributed by atoms with E-state index in [0.29, 0.717) is 18.1 Å². The molecule has 0 spiro atoms. The summed E-state index contributed by atoms with van der Waals surface area (Å²) in [6.07, 6.45) is -0.478. The van der Waals surface area contributed by atoms with Gasteiger partial charge in [0.15, 0.2) is 0 Å². The van der Waals surface area contributed by atoms with Gasteiger partial charge in [0.25, 0.3) is 5.91 Å². The normalized spacial score (nSPS) is 11.2. The van der Waals surface area contributed by atoms with Crippen LogP contribution >= 0.6 is 0 Å². The van der Waals surface area contributed by atoms with E-state index in [0.717, 1.165) is 16.6 Å². The smallest absolute Gasteiger partial charge is 0.407 e. The van der Waals surface area contributed by atoms with E-state index in [1.54, 1.807) is 24.3 Å². The van der Waals surface area contributed by atoms with Crippen LogP contribution in [0.2, 0.25) is 0 Å². The Morgan fingerprint density at radius 2 is 1.78 bits per heavy atom. The molecule has 2 aromatic carbocycles. The Hall–Kier alpha value is -3.35. The lowest BCUT2D eigenvalue weighted by atomic mass is 10.1. The van der Waals surface area contributed by atoms with E-state index in [9.17, 15) is 9.59 Å². The third-order valence-electron chi connectivity index (χ3n) is 3.67. The van der Waals surface area contributed by atoms with Gasteiger partial charge in [-0.15, -0.1) is 0 Å². The Balaban J connectivity index is 1.57. The molecule has 3 rings (SSSR count). The van der Waals surface area contributed by atoms with Crippen molar-refractivity contribution in [2.45, 2.75) is 32.9 Å². The van der Waals surface area contributed by atoms with E-state index in [1.165, 1.54) is 0 Å². The SMILES string of the molecule is CC(C)(C)OC(=O)NCc1ccc(C(=O)Nc2nc3ccccc3[nH]2)cc1. The summed E-state index contributed by atoms with van der Waals surface area (Å²) in [5.41, 5.74) is 2.47. The van der Waals surface area contributed by atoms with Crippen molar-refractivity contribution < 1.29 is 14.3 Å². The first-order valence-electron chi connectivity index (χ1n) is 8.62. The van der Waals surface area contributed by atoms with Gasteiger partial charge in [0.2, 0.25) is 5.95 Å². The summed E-state index contributed by atoms with van der Waals surface area (Å²) in [6, 6.07) is 14.5. The van der Waals surface area contributed by atoms with Crippen molar-refractivity contribution in [3.8, 4) is 0 Å². The van der Waals surface area contributed by atoms with E-state index in [4.69, 9.17) is 4.74 Å². The number of fused-ring (bicyclic) bond motifs is 1. The average molecular weight is 366 g/mol. The first-order valence-corrected chi connectivity index (χ1v) is 8.62. The minimum Gasteiger partial charge on any atom is -0.444 e. The molecule has 0 unspecified atom stereocenters. The predicted octanol–water partition coefficient (Wildman–Crippen LogP) is 3.84. The minimum absolute atomic E-state index is 0.263. The van der Waals surface area contributed by atoms with Crippen LogP contribution in [0, 0.1) is 0 Å². The van der Waals surface area contributed by atoms with Crippen molar-refractivity contribution in [1.82, 2.24) is 15.3 Å². The third kappa shape index (κ3) is 5.07. The largest absolute Gasteiger partial charge is 0.444 e. The zero-order valence-corrected chi connectivity index (χ0v) is 15.5. The van der Waals surface area contributed by atoms with Crippen LogP contribution in [0.3, 0.4) is 0 Å². The van der Waals surface area contributed by atoms with Crippen molar-refractivity contribution in [3.05, 3.63) is 59.7 Å². The van der Waals surface area contributed by atoms with Crippen LogP contribution < -0.4 is 10.6 Å². The Kier molecular flexibility index (Phi) is 5.12. The molecule has 3 aromatic rings. The fourth-order valence-corrected chi connectivity index (χ4v) is 2.45. The zero-order valence-electron chi connectivity index (χ0n) is 15.5. The predicted molar refractivity (Wildman–Crippen MR) is 104 cm³/mol. The van der Waals surface area contributed by atoms with Gasteiger partial charge in [-0.3, -0.25) is 10.1 Å². The molecule has 0 aliphatic carbocycles. The molecule has 2 amide bonds. The number of alkyl carbamates (subject to hydrolysis) is 1. The molecule has 7 heteroatoms. The van der Waals surface area contributed by atoms with Crippen molar-refractivity contribution in [1.29, 1.82) is 0 Å². The molecular formula is C20H22N4O3. The number of carbonyl (C=O) groups is 2. The quantitative estimate of drug-likeness (QED) is 0.654. The van der Waals surface area contributed by atoms with Crippen LogP contribution in [0.25, 0.3) is 11.0 Å². The summed E-state index contributed by atoms with van der Waals surface area (Å²) in [4.78, 5) is 31.4. The summed E-state index contributed by atoms with van der Waals surface area (Å²) in [7, 11) is 0. The van der Waals surface area contributed by atoms with Gasteiger partial charge in [-0.25, -0.2) is 9.78 Å². The molecule has 7 nitrogen and oxygen atoms in total. The molecule has 0 aliphatic heterocycles. The summed E-state index contributed by atoms with van der Waals surface area (Å²) < 4.78 is 5.19. The highest BCUT2D eigenvalue weighted by atomic mass is 16.6. The molecule has 1 heterocycles. The highest BCUT2D eigenvalue weighted by Crippen LogP contribution is 2.14. The Labute approximate surface area is 157 Å². The monoisotopic (exact) mass is 366 g/mol. The van der Waals surface area contributed by atoms with Crippen molar-refractivity contribution in [2.75, 3.05) is 5.32 Å². The Morgan fingerprint density at radius 1 is 1.07 bits per heavy atom. The minimum atomic E-state index is -0.539. The van der Waals surface area contributed by atoms with Gasteiger partial charge in [-0.2, -0.15) is 0 Å². The zero-order chi connectivity index (χ0) is 19.4. The van der Waals surface area contributed by atoms with E-state index in [-0.39, 0.29) is 5.91 Å². The molecule has 3 N–H and O–H groups in total. The topological polar surface area (TPSA) is 96.1 Å². The maximum absolute atomic E-state index is 12.4. The second-order valence-electron chi connectivity index (χ2n) is 7.11. The van der Waals surface area contributed by atoms with Crippen molar-refractivity contribution >= 4 is 29.0 Å². The summed E-state index contributed by atoms with van der Waals surface area (Å²) in [5.74, 6) is 0.137. The summed E-state index contributed by atoms with van der Waals surface area (Å²) in [5, 5.41) is 5.43. The number of aromatic nitrogens is 2. The van der Waals surface area contributed by atoms with Gasteiger partial charge >= 0.3 is 6.09 Å². The molecule has 0 saturated heterocycles. The third-order valence-corrected chi connectivity index (χ3v) is 3.67. The van der Waals surface area contributed by atoms with Crippen LogP contribution in [0.1, 0.15) is 36.7 Å². The molecule has 27 heavy (non-hydrogen) atoms. The van der Waals surface area contributed by atoms with Crippen LogP contribution in [-0.4, -0.2) is 27.6 Å². The fraction of sp³-hybridized carbons (Fsp3) is 0.250. The first kappa shape index (κ1) is 18.4. The lowest BCUT2D eigenvalue weighted by Gasteiger charge is -2.19. The van der Waals surface area contributed by atoms with Gasteiger partial charge in [-0.05, 0) is 50.6 Å². The molecule has 1 aromatic heterocycles. The van der Waals surface area contributed by atoms with Gasteiger partial charge in [0, 0.05) is 12.1 Å². The van der Waals surface area contributed by atoms with E-state index >= 15 is 0 Å². The standard InChI is InChI=1S/C20H22N4O3/c1-20(2,3)27-19(26)21-12-13-8-10-14(11-9-13)17(25)24-18-22-15-6-4-5-7-16(15)23-18/h4-11H,12H2,1-3H3,(H,21,26)(H2,22,23,24,25). The highest BCUT2D eigenvalue weighted by molar-refractivity contribution is 6.03. The second-order valence-corrected chi connectivity index (χ2v) is 7.11. The maximum atomic E-state index is 12.4. The number of aromatic amines is 1. The number of para-hydroxylation sites is 2. The number of ether oxygens (including phenoxy) is 1. The lowest BCUT2D eigenvalue weighted by Crippen LogP contribution is -2.32. The average Bonchev–Trinajstić information content (AvgIpc) is 3.01. The molecule has 0 aliphatic rings. The van der Waals surface area contributed by atoms with Crippen molar-refractivity contribution in [3.63, 3.8) is 0 Å². The fourth-order valence-electron chi connectivity index (χ4n) is 2.45. The van der Waals surface area contributed by atoms with Gasteiger partial charge in [0.05, 0.1) is 11.0 Å². The maximum Gasteiger partial charge on any atom is 0.407 e. The molecule has 140 valence electrons. The molecule has 0 atom stereocenters. The highest BCUT2D eigenvalue weighted by Gasteiger charge is 2.15. The van der Waals surface area contributed by atoms with Gasteiger partial charge < -0.3 is 15.0 Å². The Morgan fingerprint density at radius 3 is 2.44 bits per heavy atom. The number of amides is 2. The molecule has 0 bridgehead atoms. The van der Waals surface area contributed by atoms with E-state index in [1.807, 2.05) is 45.0 Å². The number of H-pyrrole nitrogens is 1. The molecule has 0 saturated carbocycles. The number of nitrogens with zero attached hydrogens (tertiary/aromatic N) is 1. The van der Waals surface area contributed by atoms with Crippen LogP contribution in [0.4, 0.5) is 10.7 Å². The molecular weight excluding hydrogens is 344 g/mol. The number of nitrogens with one attached hydrogen (secondary N) is 3. The number of anilines is 1. The molecule has 0 fully saturated rings. The van der Waals surface area contributed by atoms with Crippen molar-refractivity contribution in [2.24, 2.45) is 0 Å². The van der Waals surface area contributed by atoms with Gasteiger partial charge in [-0.1, -0.05) is 24.3 Å². The Bertz CT molecular complexity index is 922. The van der Waals surface area contributed by atoms with Gasteiger partial charge in [0.1, 0.15) is 5.60 Å². The number of benzene rings is 2. The van der Waals surface area contributed by atoms with E-state index < -0.39 is 11.7 Å². The lowest BCUT2D eigenvalue weighted by molar-refractivity contribution is 0.0523.